The summed E-state index contributed by atoms with van der Waals surface area (Å²) in [5.41, 5.74) is 1.29. The molecule has 0 spiro atoms. The van der Waals surface area contributed by atoms with E-state index in [2.05, 4.69) is 43.0 Å². The summed E-state index contributed by atoms with van der Waals surface area (Å²) in [7, 11) is 0. The number of benzene rings is 1. The lowest BCUT2D eigenvalue weighted by Gasteiger charge is -2.37. The standard InChI is InChI=1S/C14H19NO/c1-11-8-14(16)10-15(12(11)2)9-13-6-4-3-5-7-13/h3-7,11-12H,8-10H2,1-2H3/t11-,12-/m0/s1. The normalized spacial score (nSPS) is 27.0. The Bertz CT molecular complexity index is 360. The Morgan fingerprint density at radius 1 is 1.25 bits per heavy atom. The van der Waals surface area contributed by atoms with E-state index in [4.69, 9.17) is 0 Å². The van der Waals surface area contributed by atoms with Gasteiger partial charge in [-0.2, -0.15) is 0 Å². The van der Waals surface area contributed by atoms with Crippen molar-refractivity contribution in [3.05, 3.63) is 35.9 Å². The summed E-state index contributed by atoms with van der Waals surface area (Å²) in [6.07, 6.45) is 0.743. The Morgan fingerprint density at radius 3 is 2.62 bits per heavy atom. The number of hydrogen-bond donors (Lipinski definition) is 0. The second-order valence-electron chi connectivity index (χ2n) is 4.85. The highest BCUT2D eigenvalue weighted by molar-refractivity contribution is 5.81. The van der Waals surface area contributed by atoms with Gasteiger partial charge in [-0.3, -0.25) is 9.69 Å². The van der Waals surface area contributed by atoms with E-state index in [0.29, 0.717) is 24.3 Å². The fourth-order valence-corrected chi connectivity index (χ4v) is 2.34. The lowest BCUT2D eigenvalue weighted by atomic mass is 9.91. The molecule has 0 aromatic heterocycles. The van der Waals surface area contributed by atoms with Crippen LogP contribution in [-0.2, 0) is 11.3 Å². The van der Waals surface area contributed by atoms with Crippen molar-refractivity contribution in [3.8, 4) is 0 Å². The van der Waals surface area contributed by atoms with Crippen LogP contribution in [0.1, 0.15) is 25.8 Å². The van der Waals surface area contributed by atoms with Crippen LogP contribution in [0.2, 0.25) is 0 Å². The summed E-state index contributed by atoms with van der Waals surface area (Å²) >= 11 is 0. The van der Waals surface area contributed by atoms with Gasteiger partial charge in [0.2, 0.25) is 0 Å². The number of likely N-dealkylation sites (tertiary alicyclic amines) is 1. The number of nitrogens with zero attached hydrogens (tertiary/aromatic N) is 1. The molecule has 0 aliphatic carbocycles. The maximum atomic E-state index is 11.6. The van der Waals surface area contributed by atoms with Crippen molar-refractivity contribution in [2.24, 2.45) is 5.92 Å². The van der Waals surface area contributed by atoms with Gasteiger partial charge in [-0.05, 0) is 18.4 Å². The van der Waals surface area contributed by atoms with Gasteiger partial charge in [-0.25, -0.2) is 0 Å². The van der Waals surface area contributed by atoms with Crippen LogP contribution in [0.5, 0.6) is 0 Å². The largest absolute Gasteiger partial charge is 0.298 e. The zero-order valence-electron chi connectivity index (χ0n) is 10.0. The molecule has 1 aromatic rings. The number of carbonyl (C=O) groups excluding carboxylic acids is 1. The lowest BCUT2D eigenvalue weighted by Crippen LogP contribution is -2.46. The molecule has 1 saturated heterocycles. The molecule has 0 amide bonds. The quantitative estimate of drug-likeness (QED) is 0.758. The number of ketones is 1. The maximum Gasteiger partial charge on any atom is 0.147 e. The van der Waals surface area contributed by atoms with Crippen LogP contribution < -0.4 is 0 Å². The molecule has 1 heterocycles. The van der Waals surface area contributed by atoms with Crippen LogP contribution in [0.15, 0.2) is 30.3 Å². The topological polar surface area (TPSA) is 20.3 Å². The second-order valence-corrected chi connectivity index (χ2v) is 4.85. The van der Waals surface area contributed by atoms with E-state index in [-0.39, 0.29) is 0 Å². The van der Waals surface area contributed by atoms with Crippen LogP contribution in [0.3, 0.4) is 0 Å². The molecule has 16 heavy (non-hydrogen) atoms. The Morgan fingerprint density at radius 2 is 1.94 bits per heavy atom. The average molecular weight is 217 g/mol. The minimum absolute atomic E-state index is 0.376. The highest BCUT2D eigenvalue weighted by Gasteiger charge is 2.29. The van der Waals surface area contributed by atoms with E-state index >= 15 is 0 Å². The first kappa shape index (κ1) is 11.3. The Labute approximate surface area is 97.3 Å². The molecule has 86 valence electrons. The second kappa shape index (κ2) is 4.79. The molecule has 2 nitrogen and oxygen atoms in total. The molecule has 0 bridgehead atoms. The third kappa shape index (κ3) is 2.50. The minimum Gasteiger partial charge on any atom is -0.298 e. The summed E-state index contributed by atoms with van der Waals surface area (Å²) in [4.78, 5) is 13.9. The van der Waals surface area contributed by atoms with Crippen LogP contribution in [0.4, 0.5) is 0 Å². The van der Waals surface area contributed by atoms with Gasteiger partial charge in [0, 0.05) is 19.0 Å². The number of carbonyl (C=O) groups is 1. The minimum atomic E-state index is 0.376. The third-order valence-corrected chi connectivity index (χ3v) is 3.56. The molecule has 1 aromatic carbocycles. The predicted molar refractivity (Wildman–Crippen MR) is 65.1 cm³/mol. The van der Waals surface area contributed by atoms with Crippen molar-refractivity contribution in [2.45, 2.75) is 32.9 Å². The van der Waals surface area contributed by atoms with Crippen molar-refractivity contribution in [2.75, 3.05) is 6.54 Å². The Balaban J connectivity index is 2.06. The number of piperidine rings is 1. The van der Waals surface area contributed by atoms with E-state index in [1.165, 1.54) is 5.56 Å². The van der Waals surface area contributed by atoms with Crippen LogP contribution in [0.25, 0.3) is 0 Å². The van der Waals surface area contributed by atoms with Crippen molar-refractivity contribution < 1.29 is 4.79 Å². The average Bonchev–Trinajstić information content (AvgIpc) is 2.27. The third-order valence-electron chi connectivity index (χ3n) is 3.56. The molecule has 0 radical (unpaired) electrons. The summed E-state index contributed by atoms with van der Waals surface area (Å²) in [6, 6.07) is 10.9. The van der Waals surface area contributed by atoms with Crippen molar-refractivity contribution in [1.29, 1.82) is 0 Å². The summed E-state index contributed by atoms with van der Waals surface area (Å²) < 4.78 is 0. The lowest BCUT2D eigenvalue weighted by molar-refractivity contribution is -0.125. The van der Waals surface area contributed by atoms with Crippen molar-refractivity contribution in [1.82, 2.24) is 4.90 Å². The van der Waals surface area contributed by atoms with E-state index in [1.807, 2.05) is 6.07 Å². The summed E-state index contributed by atoms with van der Waals surface area (Å²) in [5.74, 6) is 0.853. The van der Waals surface area contributed by atoms with E-state index in [0.717, 1.165) is 13.0 Å². The zero-order valence-corrected chi connectivity index (χ0v) is 10.0. The molecule has 1 aliphatic rings. The zero-order chi connectivity index (χ0) is 11.5. The molecule has 1 aliphatic heterocycles. The summed E-state index contributed by atoms with van der Waals surface area (Å²) in [5, 5.41) is 0. The molecule has 2 heteroatoms. The van der Waals surface area contributed by atoms with Crippen molar-refractivity contribution in [3.63, 3.8) is 0 Å². The molecule has 0 unspecified atom stereocenters. The van der Waals surface area contributed by atoms with Crippen LogP contribution in [0, 0.1) is 5.92 Å². The first-order valence-corrected chi connectivity index (χ1v) is 5.96. The van der Waals surface area contributed by atoms with Crippen LogP contribution in [-0.4, -0.2) is 23.3 Å². The van der Waals surface area contributed by atoms with Gasteiger partial charge in [0.15, 0.2) is 0 Å². The van der Waals surface area contributed by atoms with E-state index in [1.54, 1.807) is 0 Å². The number of hydrogen-bond acceptors (Lipinski definition) is 2. The SMILES string of the molecule is C[C@H]1CC(=O)CN(Cc2ccccc2)[C@H]1C. The molecule has 0 saturated carbocycles. The van der Waals surface area contributed by atoms with E-state index in [9.17, 15) is 4.79 Å². The highest BCUT2D eigenvalue weighted by atomic mass is 16.1. The molecular formula is C14H19NO. The smallest absolute Gasteiger partial charge is 0.147 e. The van der Waals surface area contributed by atoms with Gasteiger partial charge >= 0.3 is 0 Å². The molecular weight excluding hydrogens is 198 g/mol. The summed E-state index contributed by atoms with van der Waals surface area (Å²) in [6.45, 7) is 5.89. The van der Waals surface area contributed by atoms with Crippen molar-refractivity contribution >= 4 is 5.78 Å². The van der Waals surface area contributed by atoms with Gasteiger partial charge in [-0.1, -0.05) is 37.3 Å². The van der Waals surface area contributed by atoms with Crippen LogP contribution >= 0.6 is 0 Å². The van der Waals surface area contributed by atoms with Gasteiger partial charge in [0.25, 0.3) is 0 Å². The molecule has 1 fully saturated rings. The maximum absolute atomic E-state index is 11.6. The van der Waals surface area contributed by atoms with Gasteiger partial charge in [-0.15, -0.1) is 0 Å². The highest BCUT2D eigenvalue weighted by Crippen LogP contribution is 2.22. The van der Waals surface area contributed by atoms with E-state index < -0.39 is 0 Å². The predicted octanol–water partition coefficient (Wildman–Crippen LogP) is 2.49. The molecule has 0 N–H and O–H groups in total. The first-order chi connectivity index (χ1) is 7.66. The fraction of sp³-hybridized carbons (Fsp3) is 0.500. The van der Waals surface area contributed by atoms with Gasteiger partial charge in [0.1, 0.15) is 5.78 Å². The fourth-order valence-electron chi connectivity index (χ4n) is 2.34. The number of rotatable bonds is 2. The van der Waals surface area contributed by atoms with Gasteiger partial charge < -0.3 is 0 Å². The molecule has 2 rings (SSSR count). The monoisotopic (exact) mass is 217 g/mol. The van der Waals surface area contributed by atoms with Gasteiger partial charge in [0.05, 0.1) is 6.54 Å². The Kier molecular flexibility index (Phi) is 3.39. The Hall–Kier alpha value is -1.15. The molecule has 2 atom stereocenters. The number of Topliss-reactive ketones (excluding diaryl/α,β-unsaturated/α-hetero) is 1. The first-order valence-electron chi connectivity index (χ1n) is 5.96.